The molecule has 0 aromatic heterocycles. The van der Waals surface area contributed by atoms with Crippen molar-refractivity contribution in [2.24, 2.45) is 0 Å². The Morgan fingerprint density at radius 1 is 1.08 bits per heavy atom. The van der Waals surface area contributed by atoms with E-state index in [9.17, 15) is 4.79 Å². The molecule has 0 radical (unpaired) electrons. The summed E-state index contributed by atoms with van der Waals surface area (Å²) in [6.07, 6.45) is 1.34. The number of ether oxygens (including phenoxy) is 4. The zero-order chi connectivity index (χ0) is 19.1. The van der Waals surface area contributed by atoms with Crippen LogP contribution in [0.3, 0.4) is 0 Å². The SMILES string of the molecule is COC=C(C(=O)OC)c1ccccc1COc1cc(Cl)c(OC)c(Cl)c1. The predicted octanol–water partition coefficient (Wildman–Crippen LogP) is 4.74. The van der Waals surface area contributed by atoms with Crippen LogP contribution >= 0.6 is 23.2 Å². The third kappa shape index (κ3) is 4.62. The molecule has 0 bridgehead atoms. The fraction of sp³-hybridized carbons (Fsp3) is 0.211. The lowest BCUT2D eigenvalue weighted by molar-refractivity contribution is -0.133. The maximum absolute atomic E-state index is 12.0. The summed E-state index contributed by atoms with van der Waals surface area (Å²) in [7, 11) is 4.26. The molecule has 0 aliphatic carbocycles. The molecule has 7 heteroatoms. The molecule has 0 heterocycles. The van der Waals surface area contributed by atoms with E-state index in [2.05, 4.69) is 0 Å². The van der Waals surface area contributed by atoms with Crippen LogP contribution < -0.4 is 9.47 Å². The average molecular weight is 397 g/mol. The minimum absolute atomic E-state index is 0.188. The van der Waals surface area contributed by atoms with Crippen molar-refractivity contribution in [1.29, 1.82) is 0 Å². The van der Waals surface area contributed by atoms with Gasteiger partial charge in [-0.15, -0.1) is 0 Å². The Hall–Kier alpha value is -2.37. The van der Waals surface area contributed by atoms with Gasteiger partial charge in [0.15, 0.2) is 5.75 Å². The van der Waals surface area contributed by atoms with E-state index >= 15 is 0 Å². The van der Waals surface area contributed by atoms with E-state index in [1.807, 2.05) is 18.2 Å². The van der Waals surface area contributed by atoms with Gasteiger partial charge in [0.1, 0.15) is 17.9 Å². The van der Waals surface area contributed by atoms with Crippen LogP contribution in [0.2, 0.25) is 10.0 Å². The summed E-state index contributed by atoms with van der Waals surface area (Å²) in [4.78, 5) is 12.0. The quantitative estimate of drug-likeness (QED) is 0.384. The molecule has 0 saturated carbocycles. The van der Waals surface area contributed by atoms with Crippen LogP contribution in [0.4, 0.5) is 0 Å². The monoisotopic (exact) mass is 396 g/mol. The molecule has 26 heavy (non-hydrogen) atoms. The lowest BCUT2D eigenvalue weighted by atomic mass is 10.0. The van der Waals surface area contributed by atoms with Crippen molar-refractivity contribution in [1.82, 2.24) is 0 Å². The Morgan fingerprint density at radius 3 is 2.31 bits per heavy atom. The largest absolute Gasteiger partial charge is 0.503 e. The van der Waals surface area contributed by atoms with E-state index in [1.54, 1.807) is 18.2 Å². The van der Waals surface area contributed by atoms with Crippen LogP contribution in [-0.2, 0) is 20.9 Å². The Bertz CT molecular complexity index is 794. The summed E-state index contributed by atoms with van der Waals surface area (Å²) in [5, 5.41) is 0.690. The van der Waals surface area contributed by atoms with Gasteiger partial charge in [0, 0.05) is 12.1 Å². The molecular formula is C19H18Cl2O5. The highest BCUT2D eigenvalue weighted by Crippen LogP contribution is 2.37. The van der Waals surface area contributed by atoms with Gasteiger partial charge in [-0.25, -0.2) is 4.79 Å². The summed E-state index contributed by atoms with van der Waals surface area (Å²) < 4.78 is 20.7. The maximum Gasteiger partial charge on any atom is 0.341 e. The number of carbonyl (C=O) groups excluding carboxylic acids is 1. The fourth-order valence-electron chi connectivity index (χ4n) is 2.33. The molecule has 138 valence electrons. The molecule has 0 spiro atoms. The predicted molar refractivity (Wildman–Crippen MR) is 101 cm³/mol. The van der Waals surface area contributed by atoms with Crippen LogP contribution in [0.25, 0.3) is 5.57 Å². The highest BCUT2D eigenvalue weighted by molar-refractivity contribution is 6.37. The lowest BCUT2D eigenvalue weighted by Crippen LogP contribution is -2.08. The van der Waals surface area contributed by atoms with E-state index < -0.39 is 5.97 Å². The van der Waals surface area contributed by atoms with Crippen molar-refractivity contribution in [2.45, 2.75) is 6.61 Å². The molecule has 0 aliphatic rings. The van der Waals surface area contributed by atoms with Crippen molar-refractivity contribution < 1.29 is 23.7 Å². The van der Waals surface area contributed by atoms with Crippen molar-refractivity contribution >= 4 is 34.7 Å². The van der Waals surface area contributed by atoms with Gasteiger partial charge in [-0.3, -0.25) is 0 Å². The molecule has 5 nitrogen and oxygen atoms in total. The van der Waals surface area contributed by atoms with Gasteiger partial charge in [-0.05, 0) is 11.1 Å². The Balaban J connectivity index is 2.29. The highest BCUT2D eigenvalue weighted by Gasteiger charge is 2.17. The second kappa shape index (κ2) is 9.36. The minimum Gasteiger partial charge on any atom is -0.503 e. The maximum atomic E-state index is 12.0. The van der Waals surface area contributed by atoms with Crippen molar-refractivity contribution in [3.8, 4) is 11.5 Å². The number of hydrogen-bond donors (Lipinski definition) is 0. The van der Waals surface area contributed by atoms with E-state index in [0.29, 0.717) is 32.7 Å². The van der Waals surface area contributed by atoms with Crippen LogP contribution in [0.5, 0.6) is 11.5 Å². The molecular weight excluding hydrogens is 379 g/mol. The first-order chi connectivity index (χ1) is 12.5. The molecule has 0 N–H and O–H groups in total. The molecule has 2 aromatic rings. The van der Waals surface area contributed by atoms with E-state index in [4.69, 9.17) is 42.1 Å². The highest BCUT2D eigenvalue weighted by atomic mass is 35.5. The first-order valence-electron chi connectivity index (χ1n) is 7.57. The molecule has 0 unspecified atom stereocenters. The van der Waals surface area contributed by atoms with Crippen LogP contribution in [0.1, 0.15) is 11.1 Å². The topological polar surface area (TPSA) is 54.0 Å². The molecule has 0 fully saturated rings. The lowest BCUT2D eigenvalue weighted by Gasteiger charge is -2.14. The third-order valence-electron chi connectivity index (χ3n) is 3.52. The van der Waals surface area contributed by atoms with Gasteiger partial charge in [0.05, 0.1) is 37.6 Å². The first kappa shape index (κ1) is 19.9. The zero-order valence-electron chi connectivity index (χ0n) is 14.5. The van der Waals surface area contributed by atoms with E-state index in [-0.39, 0.29) is 6.61 Å². The van der Waals surface area contributed by atoms with Gasteiger partial charge >= 0.3 is 5.97 Å². The smallest absolute Gasteiger partial charge is 0.341 e. The Labute approximate surface area is 162 Å². The van der Waals surface area contributed by atoms with Crippen molar-refractivity contribution in [3.63, 3.8) is 0 Å². The van der Waals surface area contributed by atoms with Gasteiger partial charge in [0.25, 0.3) is 0 Å². The molecule has 0 saturated heterocycles. The van der Waals surface area contributed by atoms with Gasteiger partial charge < -0.3 is 18.9 Å². The number of carbonyl (C=O) groups is 1. The normalized spacial score (nSPS) is 11.0. The molecule has 0 aliphatic heterocycles. The second-order valence-electron chi connectivity index (χ2n) is 5.12. The summed E-state index contributed by atoms with van der Waals surface area (Å²) in [6, 6.07) is 10.5. The van der Waals surface area contributed by atoms with E-state index in [1.165, 1.54) is 27.6 Å². The average Bonchev–Trinajstić information content (AvgIpc) is 2.64. The van der Waals surface area contributed by atoms with Crippen molar-refractivity contribution in [2.75, 3.05) is 21.3 Å². The molecule has 2 rings (SSSR count). The van der Waals surface area contributed by atoms with Crippen LogP contribution in [0.15, 0.2) is 42.7 Å². The standard InChI is InChI=1S/C19H18Cl2O5/c1-23-11-15(19(22)25-3)14-7-5-4-6-12(14)10-26-13-8-16(20)18(24-2)17(21)9-13/h4-9,11H,10H2,1-3H3. The zero-order valence-corrected chi connectivity index (χ0v) is 16.1. The fourth-order valence-corrected chi connectivity index (χ4v) is 2.96. The number of benzene rings is 2. The second-order valence-corrected chi connectivity index (χ2v) is 5.94. The van der Waals surface area contributed by atoms with Crippen molar-refractivity contribution in [3.05, 3.63) is 63.8 Å². The number of methoxy groups -OCH3 is 3. The summed E-state index contributed by atoms with van der Waals surface area (Å²) >= 11 is 12.2. The minimum atomic E-state index is -0.505. The van der Waals surface area contributed by atoms with Crippen LogP contribution in [-0.4, -0.2) is 27.3 Å². The van der Waals surface area contributed by atoms with Crippen LogP contribution in [0, 0.1) is 0 Å². The number of rotatable bonds is 7. The van der Waals surface area contributed by atoms with Gasteiger partial charge in [-0.2, -0.15) is 0 Å². The number of esters is 1. The summed E-state index contributed by atoms with van der Waals surface area (Å²) in [5.74, 6) is 0.359. The first-order valence-corrected chi connectivity index (χ1v) is 8.32. The Morgan fingerprint density at radius 2 is 1.73 bits per heavy atom. The number of hydrogen-bond acceptors (Lipinski definition) is 5. The molecule has 0 amide bonds. The summed E-state index contributed by atoms with van der Waals surface area (Å²) in [6.45, 7) is 0.188. The summed E-state index contributed by atoms with van der Waals surface area (Å²) in [5.41, 5.74) is 1.70. The van der Waals surface area contributed by atoms with E-state index in [0.717, 1.165) is 5.56 Å². The number of halogens is 2. The Kier molecular flexibility index (Phi) is 7.18. The third-order valence-corrected chi connectivity index (χ3v) is 4.08. The molecule has 2 aromatic carbocycles. The van der Waals surface area contributed by atoms with Gasteiger partial charge in [-0.1, -0.05) is 47.5 Å². The van der Waals surface area contributed by atoms with Gasteiger partial charge in [0.2, 0.25) is 0 Å². The molecule has 0 atom stereocenters.